The van der Waals surface area contributed by atoms with Crippen LogP contribution in [0.3, 0.4) is 0 Å². The van der Waals surface area contributed by atoms with Gasteiger partial charge in [-0.2, -0.15) is 0 Å². The van der Waals surface area contributed by atoms with Gasteiger partial charge in [0.05, 0.1) is 0 Å². The summed E-state index contributed by atoms with van der Waals surface area (Å²) in [6, 6.07) is 23.5. The molecular formula is C33H34O3. The molecule has 3 heteroatoms. The van der Waals surface area contributed by atoms with E-state index in [1.54, 1.807) is 6.08 Å². The first-order valence-electron chi connectivity index (χ1n) is 13.3. The molecule has 4 bridgehead atoms. The first-order valence-corrected chi connectivity index (χ1v) is 13.3. The zero-order valence-corrected chi connectivity index (χ0v) is 21.0. The van der Waals surface area contributed by atoms with E-state index in [1.165, 1.54) is 66.9 Å². The second kappa shape index (κ2) is 9.28. The molecule has 0 saturated heterocycles. The third-order valence-corrected chi connectivity index (χ3v) is 8.81. The Hall–Kier alpha value is -3.33. The summed E-state index contributed by atoms with van der Waals surface area (Å²) in [4.78, 5) is 10.9. The molecular weight excluding hydrogens is 444 g/mol. The topological polar surface area (TPSA) is 46.5 Å². The summed E-state index contributed by atoms with van der Waals surface area (Å²) in [6.45, 7) is 2.70. The summed E-state index contributed by atoms with van der Waals surface area (Å²) in [5, 5.41) is 8.97. The van der Waals surface area contributed by atoms with Crippen molar-refractivity contribution >= 4 is 12.0 Å². The molecule has 0 unspecified atom stereocenters. The number of hydrogen-bond donors (Lipinski definition) is 1. The van der Waals surface area contributed by atoms with E-state index in [9.17, 15) is 4.79 Å². The minimum absolute atomic E-state index is 0.231. The van der Waals surface area contributed by atoms with Gasteiger partial charge in [0, 0.05) is 11.6 Å². The van der Waals surface area contributed by atoms with E-state index < -0.39 is 5.97 Å². The van der Waals surface area contributed by atoms with Crippen molar-refractivity contribution in [2.75, 3.05) is 0 Å². The number of carbonyl (C=O) groups is 1. The first-order chi connectivity index (χ1) is 17.5. The molecule has 0 aromatic heterocycles. The van der Waals surface area contributed by atoms with Crippen molar-refractivity contribution in [2.24, 2.45) is 17.8 Å². The Kier molecular flexibility index (Phi) is 5.95. The lowest BCUT2D eigenvalue weighted by molar-refractivity contribution is -0.131. The van der Waals surface area contributed by atoms with Gasteiger partial charge in [-0.05, 0) is 115 Å². The summed E-state index contributed by atoms with van der Waals surface area (Å²) in [5.41, 5.74) is 7.31. The van der Waals surface area contributed by atoms with Crippen LogP contribution in [0.25, 0.3) is 17.2 Å². The second-order valence-corrected chi connectivity index (χ2v) is 11.4. The molecule has 4 aliphatic carbocycles. The van der Waals surface area contributed by atoms with E-state index in [2.05, 4.69) is 61.5 Å². The maximum atomic E-state index is 10.9. The van der Waals surface area contributed by atoms with Gasteiger partial charge in [0.15, 0.2) is 0 Å². The maximum absolute atomic E-state index is 10.9. The van der Waals surface area contributed by atoms with Crippen LogP contribution in [0.1, 0.15) is 60.8 Å². The number of ether oxygens (including phenoxy) is 1. The van der Waals surface area contributed by atoms with E-state index in [0.29, 0.717) is 6.61 Å². The summed E-state index contributed by atoms with van der Waals surface area (Å²) in [5.74, 6) is 2.71. The number of carboxylic acid groups (broad SMARTS) is 1. The molecule has 3 aromatic rings. The molecule has 0 aliphatic heterocycles. The lowest BCUT2D eigenvalue weighted by Crippen LogP contribution is -2.48. The molecule has 4 saturated carbocycles. The van der Waals surface area contributed by atoms with Crippen molar-refractivity contribution < 1.29 is 14.6 Å². The largest absolute Gasteiger partial charge is 0.489 e. The van der Waals surface area contributed by atoms with Crippen LogP contribution in [0.4, 0.5) is 0 Å². The summed E-state index contributed by atoms with van der Waals surface area (Å²) >= 11 is 0. The van der Waals surface area contributed by atoms with E-state index in [-0.39, 0.29) is 5.41 Å². The van der Waals surface area contributed by atoms with Gasteiger partial charge in [0.25, 0.3) is 0 Å². The highest BCUT2D eigenvalue weighted by atomic mass is 16.5. The van der Waals surface area contributed by atoms with Gasteiger partial charge in [0.2, 0.25) is 0 Å². The predicted octanol–water partition coefficient (Wildman–Crippen LogP) is 7.81. The highest BCUT2D eigenvalue weighted by Crippen LogP contribution is 2.62. The van der Waals surface area contributed by atoms with Crippen molar-refractivity contribution in [2.45, 2.75) is 57.5 Å². The molecule has 7 rings (SSSR count). The zero-order chi connectivity index (χ0) is 24.7. The van der Waals surface area contributed by atoms with E-state index in [1.807, 2.05) is 12.1 Å². The number of hydrogen-bond acceptors (Lipinski definition) is 2. The highest BCUT2D eigenvalue weighted by molar-refractivity contribution is 5.85. The van der Waals surface area contributed by atoms with Gasteiger partial charge in [-0.15, -0.1) is 0 Å². The summed E-state index contributed by atoms with van der Waals surface area (Å²) < 4.78 is 6.54. The molecule has 0 atom stereocenters. The van der Waals surface area contributed by atoms with Gasteiger partial charge in [0.1, 0.15) is 12.4 Å². The number of aryl methyl sites for hydroxylation is 1. The summed E-state index contributed by atoms with van der Waals surface area (Å²) in [7, 11) is 0. The Labute approximate surface area is 213 Å². The quantitative estimate of drug-likeness (QED) is 0.352. The molecule has 4 fully saturated rings. The summed E-state index contributed by atoms with van der Waals surface area (Å²) in [6.07, 6.45) is 11.0. The monoisotopic (exact) mass is 478 g/mol. The number of benzene rings is 3. The van der Waals surface area contributed by atoms with Crippen LogP contribution in [0, 0.1) is 24.7 Å². The molecule has 0 amide bonds. The van der Waals surface area contributed by atoms with Crippen molar-refractivity contribution in [3.63, 3.8) is 0 Å². The number of carboxylic acids is 1. The Morgan fingerprint density at radius 3 is 2.28 bits per heavy atom. The Balaban J connectivity index is 1.38. The van der Waals surface area contributed by atoms with Crippen LogP contribution >= 0.6 is 0 Å². The predicted molar refractivity (Wildman–Crippen MR) is 144 cm³/mol. The average Bonchev–Trinajstić information content (AvgIpc) is 2.86. The van der Waals surface area contributed by atoms with Gasteiger partial charge < -0.3 is 9.84 Å². The molecule has 3 nitrogen and oxygen atoms in total. The van der Waals surface area contributed by atoms with Crippen LogP contribution in [0.2, 0.25) is 0 Å². The minimum atomic E-state index is -0.928. The third-order valence-electron chi connectivity index (χ3n) is 8.81. The lowest BCUT2D eigenvalue weighted by atomic mass is 9.48. The minimum Gasteiger partial charge on any atom is -0.489 e. The molecule has 36 heavy (non-hydrogen) atoms. The van der Waals surface area contributed by atoms with Gasteiger partial charge in [-0.3, -0.25) is 0 Å². The molecule has 4 aliphatic rings. The standard InChI is InChI=1S/C33H34O3/c1-22-13-23(8-12-32(34)35)7-10-29(22)28-9-11-31(36-21-24-5-3-2-4-6-24)30(17-28)33-18-25-14-26(19-33)16-27(15-25)20-33/h2-13,17,25-27H,14-16,18-21H2,1H3,(H,34,35). The van der Waals surface area contributed by atoms with Crippen LogP contribution in [0.5, 0.6) is 5.75 Å². The maximum Gasteiger partial charge on any atom is 0.328 e. The van der Waals surface area contributed by atoms with Crippen molar-refractivity contribution in [1.29, 1.82) is 0 Å². The second-order valence-electron chi connectivity index (χ2n) is 11.4. The van der Waals surface area contributed by atoms with Gasteiger partial charge >= 0.3 is 5.97 Å². The normalized spacial score (nSPS) is 26.4. The first kappa shape index (κ1) is 23.1. The Bertz CT molecular complexity index is 1270. The Morgan fingerprint density at radius 1 is 0.944 bits per heavy atom. The third kappa shape index (κ3) is 4.48. The molecule has 0 heterocycles. The fourth-order valence-corrected chi connectivity index (χ4v) is 7.70. The van der Waals surface area contributed by atoms with E-state index in [0.717, 1.165) is 34.6 Å². The van der Waals surface area contributed by atoms with Gasteiger partial charge in [-0.1, -0.05) is 54.6 Å². The average molecular weight is 479 g/mol. The fourth-order valence-electron chi connectivity index (χ4n) is 7.70. The van der Waals surface area contributed by atoms with E-state index >= 15 is 0 Å². The SMILES string of the molecule is Cc1cc(C=CC(=O)O)ccc1-c1ccc(OCc2ccccc2)c(C23CC4CC(CC(C4)C2)C3)c1. The van der Waals surface area contributed by atoms with Crippen molar-refractivity contribution in [1.82, 2.24) is 0 Å². The van der Waals surface area contributed by atoms with E-state index in [4.69, 9.17) is 9.84 Å². The molecule has 1 N–H and O–H groups in total. The van der Waals surface area contributed by atoms with Crippen LogP contribution < -0.4 is 4.74 Å². The van der Waals surface area contributed by atoms with Crippen LogP contribution in [0.15, 0.2) is 72.8 Å². The molecule has 0 radical (unpaired) electrons. The Morgan fingerprint density at radius 2 is 1.64 bits per heavy atom. The van der Waals surface area contributed by atoms with Crippen LogP contribution in [-0.4, -0.2) is 11.1 Å². The molecule has 184 valence electrons. The molecule has 3 aromatic carbocycles. The number of rotatable bonds is 7. The van der Waals surface area contributed by atoms with Crippen molar-refractivity contribution in [3.8, 4) is 16.9 Å². The smallest absolute Gasteiger partial charge is 0.328 e. The highest BCUT2D eigenvalue weighted by Gasteiger charge is 2.52. The fraction of sp³-hybridized carbons (Fsp3) is 0.364. The lowest BCUT2D eigenvalue weighted by Gasteiger charge is -2.57. The van der Waals surface area contributed by atoms with Gasteiger partial charge in [-0.25, -0.2) is 4.79 Å². The number of aliphatic carboxylic acids is 1. The zero-order valence-electron chi connectivity index (χ0n) is 21.0. The van der Waals surface area contributed by atoms with Crippen molar-refractivity contribution in [3.05, 3.63) is 95.1 Å². The van der Waals surface area contributed by atoms with Crippen LogP contribution in [-0.2, 0) is 16.8 Å². The molecule has 0 spiro atoms.